The second-order valence-electron chi connectivity index (χ2n) is 7.85. The smallest absolute Gasteiger partial charge is 0.246 e. The zero-order valence-electron chi connectivity index (χ0n) is 19.5. The molecule has 8 nitrogen and oxygen atoms in total. The van der Waals surface area contributed by atoms with E-state index in [1.165, 1.54) is 4.90 Å². The molecule has 1 aliphatic heterocycles. The Hall–Kier alpha value is -3.23. The number of hydrogen-bond donors (Lipinski definition) is 2. The quantitative estimate of drug-likeness (QED) is 0.516. The summed E-state index contributed by atoms with van der Waals surface area (Å²) in [6.45, 7) is 3.70. The largest absolute Gasteiger partial charge is 0.493 e. The number of benzene rings is 2. The number of carbonyl (C=O) groups excluding carboxylic acids is 1. The summed E-state index contributed by atoms with van der Waals surface area (Å²) in [4.78, 5) is 15.8. The summed E-state index contributed by atoms with van der Waals surface area (Å²) >= 11 is 0. The van der Waals surface area contributed by atoms with Crippen LogP contribution < -0.4 is 23.8 Å². The van der Waals surface area contributed by atoms with E-state index in [1.807, 2.05) is 35.2 Å². The van der Waals surface area contributed by atoms with E-state index in [2.05, 4.69) is 0 Å². The molecule has 3 rings (SSSR count). The lowest BCUT2D eigenvalue weighted by Crippen LogP contribution is -3.15. The van der Waals surface area contributed by atoms with Crippen molar-refractivity contribution in [3.8, 4) is 23.0 Å². The molecule has 2 aromatic rings. The van der Waals surface area contributed by atoms with Crippen molar-refractivity contribution in [2.24, 2.45) is 0 Å². The van der Waals surface area contributed by atoms with E-state index in [9.17, 15) is 9.90 Å². The maximum atomic E-state index is 12.7. The Morgan fingerprint density at radius 3 is 2.27 bits per heavy atom. The molecule has 0 saturated carbocycles. The second-order valence-corrected chi connectivity index (χ2v) is 7.85. The number of aliphatic hydroxyl groups is 1. The number of aliphatic hydroxyl groups excluding tert-OH is 1. The third-order valence-corrected chi connectivity index (χ3v) is 5.60. The summed E-state index contributed by atoms with van der Waals surface area (Å²) in [5.74, 6) is 2.29. The lowest BCUT2D eigenvalue weighted by Gasteiger charge is -2.32. The first-order valence-corrected chi connectivity index (χ1v) is 11.0. The number of nitrogens with one attached hydrogen (secondary N) is 1. The van der Waals surface area contributed by atoms with Crippen LogP contribution in [0, 0.1) is 0 Å². The third-order valence-electron chi connectivity index (χ3n) is 5.60. The number of hydrogen-bond acceptors (Lipinski definition) is 6. The minimum Gasteiger partial charge on any atom is -0.493 e. The fraction of sp³-hybridized carbons (Fsp3) is 0.400. The highest BCUT2D eigenvalue weighted by Gasteiger charge is 2.24. The highest BCUT2D eigenvalue weighted by molar-refractivity contribution is 5.92. The molecule has 33 heavy (non-hydrogen) atoms. The maximum absolute atomic E-state index is 12.7. The lowest BCUT2D eigenvalue weighted by molar-refractivity contribution is -0.907. The van der Waals surface area contributed by atoms with Crippen molar-refractivity contribution >= 4 is 12.0 Å². The van der Waals surface area contributed by atoms with Gasteiger partial charge in [0, 0.05) is 6.08 Å². The average Bonchev–Trinajstić information content (AvgIpc) is 2.86. The van der Waals surface area contributed by atoms with Crippen LogP contribution in [-0.2, 0) is 4.79 Å². The molecular weight excluding hydrogens is 424 g/mol. The van der Waals surface area contributed by atoms with Gasteiger partial charge in [-0.15, -0.1) is 0 Å². The van der Waals surface area contributed by atoms with Gasteiger partial charge in [0.1, 0.15) is 25.0 Å². The van der Waals surface area contributed by atoms with Gasteiger partial charge in [0.15, 0.2) is 11.5 Å². The third kappa shape index (κ3) is 6.87. The first-order chi connectivity index (χ1) is 16.0. The highest BCUT2D eigenvalue weighted by Crippen LogP contribution is 2.38. The number of amides is 1. The molecule has 8 heteroatoms. The van der Waals surface area contributed by atoms with Gasteiger partial charge in [-0.1, -0.05) is 18.2 Å². The van der Waals surface area contributed by atoms with Gasteiger partial charge >= 0.3 is 0 Å². The van der Waals surface area contributed by atoms with Gasteiger partial charge in [0.2, 0.25) is 11.7 Å². The molecule has 0 aromatic heterocycles. The molecule has 178 valence electrons. The molecule has 0 radical (unpaired) electrons. The monoisotopic (exact) mass is 457 g/mol. The SMILES string of the molecule is COc1cc(C=CC(=O)N2CC[NH+](CC(O)COc3ccccc3)CC2)cc(OC)c1OC. The molecule has 1 heterocycles. The van der Waals surface area contributed by atoms with E-state index >= 15 is 0 Å². The topological polar surface area (TPSA) is 81.9 Å². The van der Waals surface area contributed by atoms with Gasteiger partial charge in [0.25, 0.3) is 0 Å². The Kier molecular flexibility index (Phi) is 8.97. The van der Waals surface area contributed by atoms with Crippen molar-refractivity contribution < 1.29 is 33.7 Å². The van der Waals surface area contributed by atoms with Crippen LogP contribution in [0.5, 0.6) is 23.0 Å². The predicted molar refractivity (Wildman–Crippen MR) is 125 cm³/mol. The van der Waals surface area contributed by atoms with E-state index in [1.54, 1.807) is 45.6 Å². The molecule has 1 saturated heterocycles. The van der Waals surface area contributed by atoms with Crippen LogP contribution >= 0.6 is 0 Å². The minimum atomic E-state index is -0.553. The summed E-state index contributed by atoms with van der Waals surface area (Å²) in [5.41, 5.74) is 0.781. The summed E-state index contributed by atoms with van der Waals surface area (Å²) in [7, 11) is 4.67. The number of para-hydroxylation sites is 1. The summed E-state index contributed by atoms with van der Waals surface area (Å²) in [5, 5.41) is 10.3. The standard InChI is InChI=1S/C25H32N2O6/c1-30-22-15-19(16-23(31-2)25(22)32-3)9-10-24(29)27-13-11-26(12-14-27)17-20(28)18-33-21-7-5-4-6-8-21/h4-10,15-16,20,28H,11-14,17-18H2,1-3H3/p+1. The van der Waals surface area contributed by atoms with Crippen molar-refractivity contribution in [1.29, 1.82) is 0 Å². The Morgan fingerprint density at radius 1 is 1.06 bits per heavy atom. The fourth-order valence-electron chi connectivity index (χ4n) is 3.82. The summed E-state index contributed by atoms with van der Waals surface area (Å²) in [6, 6.07) is 13.1. The molecule has 0 aliphatic carbocycles. The first-order valence-electron chi connectivity index (χ1n) is 11.0. The Morgan fingerprint density at radius 2 is 1.70 bits per heavy atom. The van der Waals surface area contributed by atoms with Crippen LogP contribution in [0.3, 0.4) is 0 Å². The number of carbonyl (C=O) groups is 1. The molecule has 1 fully saturated rings. The fourth-order valence-corrected chi connectivity index (χ4v) is 3.82. The molecule has 2 aromatic carbocycles. The van der Waals surface area contributed by atoms with Gasteiger partial charge in [-0.05, 0) is 35.9 Å². The van der Waals surface area contributed by atoms with E-state index in [0.717, 1.165) is 24.4 Å². The molecule has 0 spiro atoms. The van der Waals surface area contributed by atoms with Crippen molar-refractivity contribution in [1.82, 2.24) is 4.90 Å². The average molecular weight is 458 g/mol. The van der Waals surface area contributed by atoms with Crippen molar-refractivity contribution in [2.75, 3.05) is 60.7 Å². The minimum absolute atomic E-state index is 0.0456. The summed E-state index contributed by atoms with van der Waals surface area (Å²) < 4.78 is 21.7. The van der Waals surface area contributed by atoms with Crippen molar-refractivity contribution in [3.63, 3.8) is 0 Å². The van der Waals surface area contributed by atoms with Crippen LogP contribution in [0.25, 0.3) is 6.08 Å². The Balaban J connectivity index is 1.47. The first kappa shape index (κ1) is 24.4. The number of piperazine rings is 1. The molecule has 1 amide bonds. The number of nitrogens with zero attached hydrogens (tertiary/aromatic N) is 1. The zero-order chi connectivity index (χ0) is 23.6. The Bertz CT molecular complexity index is 901. The zero-order valence-corrected chi connectivity index (χ0v) is 19.5. The molecule has 1 unspecified atom stereocenters. The summed E-state index contributed by atoms with van der Waals surface area (Å²) in [6.07, 6.45) is 2.76. The predicted octanol–water partition coefficient (Wildman–Crippen LogP) is 0.893. The number of quaternary nitrogens is 1. The van der Waals surface area contributed by atoms with Crippen molar-refractivity contribution in [3.05, 3.63) is 54.1 Å². The second kappa shape index (κ2) is 12.1. The van der Waals surface area contributed by atoms with Crippen LogP contribution in [0.15, 0.2) is 48.5 Å². The molecule has 1 atom stereocenters. The molecule has 2 N–H and O–H groups in total. The van der Waals surface area contributed by atoms with Crippen LogP contribution in [0.1, 0.15) is 5.56 Å². The van der Waals surface area contributed by atoms with Gasteiger partial charge in [-0.25, -0.2) is 0 Å². The molecular formula is C25H33N2O6+. The highest BCUT2D eigenvalue weighted by atomic mass is 16.5. The van der Waals surface area contributed by atoms with Gasteiger partial charge < -0.3 is 33.9 Å². The van der Waals surface area contributed by atoms with E-state index in [4.69, 9.17) is 18.9 Å². The van der Waals surface area contributed by atoms with E-state index < -0.39 is 6.10 Å². The lowest BCUT2D eigenvalue weighted by atomic mass is 10.1. The number of rotatable bonds is 10. The maximum Gasteiger partial charge on any atom is 0.246 e. The van der Waals surface area contributed by atoms with Gasteiger partial charge in [-0.3, -0.25) is 4.79 Å². The van der Waals surface area contributed by atoms with Crippen LogP contribution in [0.2, 0.25) is 0 Å². The number of ether oxygens (including phenoxy) is 4. The van der Waals surface area contributed by atoms with Crippen LogP contribution in [-0.4, -0.2) is 82.7 Å². The number of methoxy groups -OCH3 is 3. The van der Waals surface area contributed by atoms with Gasteiger partial charge in [0.05, 0.1) is 47.5 Å². The normalized spacial score (nSPS) is 15.3. The van der Waals surface area contributed by atoms with Gasteiger partial charge in [-0.2, -0.15) is 0 Å². The van der Waals surface area contributed by atoms with Crippen LogP contribution in [0.4, 0.5) is 0 Å². The van der Waals surface area contributed by atoms with E-state index in [-0.39, 0.29) is 12.5 Å². The molecule has 1 aliphatic rings. The van der Waals surface area contributed by atoms with Crippen molar-refractivity contribution in [2.45, 2.75) is 6.10 Å². The molecule has 0 bridgehead atoms. The Labute approximate surface area is 194 Å². The van der Waals surface area contributed by atoms with E-state index in [0.29, 0.717) is 36.9 Å².